The lowest BCUT2D eigenvalue weighted by Crippen LogP contribution is -2.65. The summed E-state index contributed by atoms with van der Waals surface area (Å²) in [6.07, 6.45) is -4.38. The Kier molecular flexibility index (Phi) is 3.79. The van der Waals surface area contributed by atoms with Crippen molar-refractivity contribution in [2.24, 2.45) is 50.2 Å². The number of Topliss-reactive ketones (excluding diaryl/α,β-unsaturated/α-hetero) is 1. The van der Waals surface area contributed by atoms with Gasteiger partial charge in [-0.15, -0.1) is 0 Å². The number of nitrogens with zero attached hydrogens (tertiary/aromatic N) is 1. The van der Waals surface area contributed by atoms with Crippen molar-refractivity contribution < 1.29 is 27.7 Å². The molecule has 3 fully saturated rings. The Labute approximate surface area is 223 Å². The van der Waals surface area contributed by atoms with Crippen LogP contribution < -0.4 is 0 Å². The third kappa shape index (κ3) is 2.85. The minimum atomic E-state index is -2.99. The highest BCUT2D eigenvalue weighted by Crippen LogP contribution is 2.74. The molecule has 0 unspecified atom stereocenters. The summed E-state index contributed by atoms with van der Waals surface area (Å²) in [5, 5.41) is 20.6. The predicted molar refractivity (Wildman–Crippen MR) is 137 cm³/mol. The molecule has 5 rings (SSSR count). The Bertz CT molecular complexity index is 1440. The van der Waals surface area contributed by atoms with Crippen molar-refractivity contribution in [3.05, 3.63) is 23.3 Å². The maximum Gasteiger partial charge on any atom is 0.309 e. The largest absolute Gasteiger partial charge is 0.481 e. The van der Waals surface area contributed by atoms with E-state index in [-0.39, 0.29) is 30.1 Å². The molecule has 0 aromatic rings. The van der Waals surface area contributed by atoms with Crippen molar-refractivity contribution in [3.63, 3.8) is 0 Å². The van der Waals surface area contributed by atoms with Gasteiger partial charge in [0.15, 0.2) is 11.6 Å². The number of nitriles is 1. The number of carbonyl (C=O) groups excluding carboxylic acids is 2. The van der Waals surface area contributed by atoms with Crippen LogP contribution in [0, 0.1) is 61.6 Å². The van der Waals surface area contributed by atoms with Crippen LogP contribution in [0.3, 0.4) is 0 Å². The average Bonchev–Trinajstić information content (AvgIpc) is 2.86. The van der Waals surface area contributed by atoms with Gasteiger partial charge in [0.25, 0.3) is 0 Å². The smallest absolute Gasteiger partial charge is 0.309 e. The molecule has 0 radical (unpaired) electrons. The molecule has 0 aromatic heterocycles. The summed E-state index contributed by atoms with van der Waals surface area (Å²) >= 11 is 0. The second-order valence-corrected chi connectivity index (χ2v) is 13.6. The van der Waals surface area contributed by atoms with E-state index in [4.69, 9.17) is 5.48 Å². The minimum absolute atomic E-state index is 0.0398. The van der Waals surface area contributed by atoms with Crippen LogP contribution >= 0.6 is 0 Å². The molecule has 0 saturated heterocycles. The van der Waals surface area contributed by atoms with E-state index in [0.29, 0.717) is 12.8 Å². The zero-order chi connectivity index (χ0) is 32.1. The van der Waals surface area contributed by atoms with Crippen LogP contribution in [-0.2, 0) is 14.4 Å². The molecular weight excluding hydrogens is 450 g/mol. The molecule has 0 amide bonds. The number of allylic oxidation sites excluding steroid dienone is 4. The third-order valence-corrected chi connectivity index (χ3v) is 11.0. The number of aliphatic carboxylic acids is 1. The molecule has 7 atom stereocenters. The Morgan fingerprint density at radius 2 is 1.75 bits per heavy atom. The summed E-state index contributed by atoms with van der Waals surface area (Å²) in [6, 6.07) is 2.05. The molecule has 194 valence electrons. The van der Waals surface area contributed by atoms with E-state index in [2.05, 4.69) is 6.07 Å². The van der Waals surface area contributed by atoms with Crippen molar-refractivity contribution in [1.29, 1.82) is 5.26 Å². The van der Waals surface area contributed by atoms with E-state index in [1.54, 1.807) is 6.08 Å². The highest BCUT2D eigenvalue weighted by molar-refractivity contribution is 6.04. The molecule has 0 aliphatic heterocycles. The number of ketones is 2. The summed E-state index contributed by atoms with van der Waals surface area (Å²) in [5.41, 5.74) is -7.13. The summed E-state index contributed by atoms with van der Waals surface area (Å²) in [4.78, 5) is 40.9. The maximum absolute atomic E-state index is 14.5. The van der Waals surface area contributed by atoms with Crippen LogP contribution in [-0.4, -0.2) is 22.6 Å². The van der Waals surface area contributed by atoms with Gasteiger partial charge in [0.1, 0.15) is 6.07 Å². The lowest BCUT2D eigenvalue weighted by molar-refractivity contribution is -0.188. The van der Waals surface area contributed by atoms with E-state index >= 15 is 0 Å². The van der Waals surface area contributed by atoms with Crippen molar-refractivity contribution in [2.75, 3.05) is 0 Å². The fourth-order valence-electron chi connectivity index (χ4n) is 8.88. The fourth-order valence-corrected chi connectivity index (χ4v) is 8.88. The second-order valence-electron chi connectivity index (χ2n) is 13.6. The molecule has 5 heteroatoms. The number of carbonyl (C=O) groups is 3. The molecule has 36 heavy (non-hydrogen) atoms. The standard InChI is InChI=1S/C31H41NO4/c1-26(2)10-12-31(25(35)36)13-11-30(7)23(19(31)16-26)20(33)14-22-28(5)15-18(17-32)24(34)27(3,4)21(28)8-9-29(22,30)6/h14-15,19,21,23H,8-13,16H2,1-7H3,(H,35,36)/t19-,21-,23-,28-,29+,30+,31-/m0/s1/i10D2,12D2,16D2. The van der Waals surface area contributed by atoms with Gasteiger partial charge in [0, 0.05) is 25.0 Å². The number of hydrogen-bond acceptors (Lipinski definition) is 4. The highest BCUT2D eigenvalue weighted by atomic mass is 16.4. The molecular formula is C31H41NO4. The van der Waals surface area contributed by atoms with Crippen molar-refractivity contribution in [1.82, 2.24) is 0 Å². The number of rotatable bonds is 1. The SMILES string of the molecule is [2H]C1([2H])[C@H]2[C@H]3C(=O)C=C4[C@@]5(C)C=C(C#N)C(=O)C(C)(C)[C@@H]5CC[C@@]4(C)[C@]3(C)CC[C@@]2(C(=O)O)C([2H])([2H])C([2H])([2H])C1(C)C. The van der Waals surface area contributed by atoms with Gasteiger partial charge in [-0.3, -0.25) is 14.4 Å². The number of carboxylic acids is 1. The van der Waals surface area contributed by atoms with Gasteiger partial charge < -0.3 is 5.11 Å². The number of fused-ring (bicyclic) bond motifs is 7. The second kappa shape index (κ2) is 7.21. The Morgan fingerprint density at radius 3 is 2.36 bits per heavy atom. The molecule has 5 nitrogen and oxygen atoms in total. The summed E-state index contributed by atoms with van der Waals surface area (Å²) in [6.45, 7) is 12.1. The third-order valence-electron chi connectivity index (χ3n) is 11.0. The molecule has 0 bridgehead atoms. The van der Waals surface area contributed by atoms with E-state index in [9.17, 15) is 27.5 Å². The van der Waals surface area contributed by atoms with Crippen molar-refractivity contribution in [3.8, 4) is 6.07 Å². The Balaban J connectivity index is 1.82. The number of hydrogen-bond donors (Lipinski definition) is 1. The molecule has 0 aromatic carbocycles. The van der Waals surface area contributed by atoms with Crippen LogP contribution in [0.25, 0.3) is 0 Å². The first-order valence-corrected chi connectivity index (χ1v) is 13.0. The highest BCUT2D eigenvalue weighted by Gasteiger charge is 2.70. The molecule has 0 heterocycles. The van der Waals surface area contributed by atoms with Gasteiger partial charge in [0.05, 0.1) is 11.0 Å². The maximum atomic E-state index is 14.5. The number of carboxylic acid groups (broad SMARTS) is 1. The van der Waals surface area contributed by atoms with Crippen molar-refractivity contribution >= 4 is 17.5 Å². The topological polar surface area (TPSA) is 95.2 Å². The van der Waals surface area contributed by atoms with E-state index < -0.39 is 75.2 Å². The normalized spacial score (nSPS) is 53.3. The zero-order valence-electron chi connectivity index (χ0n) is 28.3. The van der Waals surface area contributed by atoms with Crippen LogP contribution in [0.15, 0.2) is 23.3 Å². The van der Waals surface area contributed by atoms with Gasteiger partial charge in [-0.05, 0) is 79.0 Å². The Morgan fingerprint density at radius 1 is 1.08 bits per heavy atom. The summed E-state index contributed by atoms with van der Waals surface area (Å²) in [7, 11) is 0. The molecule has 3 saturated carbocycles. The fraction of sp³-hybridized carbons (Fsp3) is 0.742. The minimum Gasteiger partial charge on any atom is -0.481 e. The zero-order valence-corrected chi connectivity index (χ0v) is 22.3. The van der Waals surface area contributed by atoms with Crippen LogP contribution in [0.5, 0.6) is 0 Å². The summed E-state index contributed by atoms with van der Waals surface area (Å²) < 4.78 is 54.4. The first-order chi connectivity index (χ1) is 18.8. The van der Waals surface area contributed by atoms with Gasteiger partial charge in [-0.2, -0.15) is 5.26 Å². The first kappa shape index (κ1) is 18.9. The monoisotopic (exact) mass is 497 g/mol. The average molecular weight is 498 g/mol. The lowest BCUT2D eigenvalue weighted by Gasteiger charge is -2.68. The Hall–Kier alpha value is -2.22. The van der Waals surface area contributed by atoms with Crippen LogP contribution in [0.1, 0.15) is 101 Å². The quantitative estimate of drug-likeness (QED) is 0.459. The molecule has 5 aliphatic rings. The van der Waals surface area contributed by atoms with E-state index in [1.807, 2.05) is 34.6 Å². The van der Waals surface area contributed by atoms with Crippen molar-refractivity contribution in [2.45, 2.75) is 93.3 Å². The van der Waals surface area contributed by atoms with Gasteiger partial charge in [-0.25, -0.2) is 0 Å². The molecule has 5 aliphatic carbocycles. The van der Waals surface area contributed by atoms with Crippen LogP contribution in [0.2, 0.25) is 0 Å². The predicted octanol–water partition coefficient (Wildman–Crippen LogP) is 6.29. The lowest BCUT2D eigenvalue weighted by atomic mass is 9.34. The van der Waals surface area contributed by atoms with Gasteiger partial charge >= 0.3 is 5.97 Å². The van der Waals surface area contributed by atoms with E-state index in [1.165, 1.54) is 19.9 Å². The summed E-state index contributed by atoms with van der Waals surface area (Å²) in [5.74, 6) is -5.43. The van der Waals surface area contributed by atoms with Gasteiger partial charge in [-0.1, -0.05) is 60.1 Å². The van der Waals surface area contributed by atoms with Crippen LogP contribution in [0.4, 0.5) is 0 Å². The van der Waals surface area contributed by atoms with Gasteiger partial charge in [0.2, 0.25) is 0 Å². The molecule has 1 N–H and O–H groups in total. The first-order valence-electron chi connectivity index (χ1n) is 16.0. The molecule has 0 spiro atoms. The van der Waals surface area contributed by atoms with E-state index in [0.717, 1.165) is 5.57 Å².